The molecule has 0 aliphatic carbocycles. The van der Waals surface area contributed by atoms with E-state index >= 15 is 0 Å². The molecule has 0 fully saturated rings. The van der Waals surface area contributed by atoms with E-state index < -0.39 is 11.8 Å². The summed E-state index contributed by atoms with van der Waals surface area (Å²) >= 11 is 0. The lowest BCUT2D eigenvalue weighted by molar-refractivity contribution is 0.0994. The van der Waals surface area contributed by atoms with Crippen molar-refractivity contribution in [1.82, 2.24) is 9.13 Å². The molecule has 0 unspecified atom stereocenters. The summed E-state index contributed by atoms with van der Waals surface area (Å²) in [6.45, 7) is 5.18. The van der Waals surface area contributed by atoms with Crippen LogP contribution in [0.3, 0.4) is 0 Å². The van der Waals surface area contributed by atoms with Crippen molar-refractivity contribution < 1.29 is 19.8 Å². The number of benzene rings is 3. The molecule has 0 atom stereocenters. The van der Waals surface area contributed by atoms with Crippen LogP contribution in [-0.4, -0.2) is 31.2 Å². The van der Waals surface area contributed by atoms with Crippen molar-refractivity contribution in [3.63, 3.8) is 0 Å². The van der Waals surface area contributed by atoms with E-state index in [1.165, 1.54) is 18.2 Å². The first kappa shape index (κ1) is 26.5. The van der Waals surface area contributed by atoms with Crippen LogP contribution in [-0.2, 0) is 13.1 Å². The topological polar surface area (TPSA) is 134 Å². The maximum Gasteiger partial charge on any atom is 0.295 e. The fourth-order valence-electron chi connectivity index (χ4n) is 4.73. The summed E-state index contributed by atoms with van der Waals surface area (Å²) in [5, 5.41) is 38.6. The molecule has 5 aromatic rings. The number of rotatable bonds is 8. The van der Waals surface area contributed by atoms with Crippen LogP contribution in [0.25, 0.3) is 21.8 Å². The number of azo groups is 2. The predicted molar refractivity (Wildman–Crippen MR) is 152 cm³/mol. The Bertz CT molecular complexity index is 1670. The van der Waals surface area contributed by atoms with E-state index in [1.807, 2.05) is 62.4 Å². The lowest BCUT2D eigenvalue weighted by Gasteiger charge is -2.03. The van der Waals surface area contributed by atoms with Gasteiger partial charge >= 0.3 is 0 Å². The van der Waals surface area contributed by atoms with Gasteiger partial charge in [0.2, 0.25) is 11.8 Å². The Labute approximate surface area is 229 Å². The minimum atomic E-state index is -0.682. The summed E-state index contributed by atoms with van der Waals surface area (Å²) < 4.78 is 3.46. The van der Waals surface area contributed by atoms with Crippen molar-refractivity contribution in [2.24, 2.45) is 20.5 Å². The van der Waals surface area contributed by atoms with Crippen molar-refractivity contribution in [3.05, 3.63) is 83.9 Å². The van der Waals surface area contributed by atoms with Crippen molar-refractivity contribution >= 4 is 45.0 Å². The second-order valence-electron chi connectivity index (χ2n) is 9.27. The van der Waals surface area contributed by atoms with Gasteiger partial charge in [0.15, 0.2) is 11.4 Å². The summed E-state index contributed by atoms with van der Waals surface area (Å²) in [6.07, 6.45) is 1.61. The number of aromatic hydroxyl groups is 2. The molecule has 0 spiro atoms. The van der Waals surface area contributed by atoms with Crippen molar-refractivity contribution in [3.8, 4) is 11.8 Å². The smallest absolute Gasteiger partial charge is 0.295 e. The molecule has 3 aromatic carbocycles. The first-order chi connectivity index (χ1) is 19.4. The van der Waals surface area contributed by atoms with Gasteiger partial charge in [0.05, 0.1) is 11.0 Å². The van der Waals surface area contributed by atoms with E-state index in [4.69, 9.17) is 0 Å². The summed E-state index contributed by atoms with van der Waals surface area (Å²) in [7, 11) is 0. The molecule has 40 heavy (non-hydrogen) atoms. The molecule has 2 aromatic heterocycles. The summed E-state index contributed by atoms with van der Waals surface area (Å²) in [5.41, 5.74) is 2.27. The molecule has 2 heterocycles. The fraction of sp³-hybridized carbons (Fsp3) is 0.200. The molecular weight excluding hydrogens is 508 g/mol. The molecular formula is C30H28N6O4. The number of carbonyl (C=O) groups is 2. The van der Waals surface area contributed by atoms with Crippen LogP contribution < -0.4 is 0 Å². The molecule has 0 aliphatic heterocycles. The summed E-state index contributed by atoms with van der Waals surface area (Å²) in [6, 6.07) is 20.7. The molecule has 5 rings (SSSR count). The van der Waals surface area contributed by atoms with Crippen molar-refractivity contribution in [2.45, 2.75) is 39.8 Å². The molecule has 2 N–H and O–H groups in total. The summed E-state index contributed by atoms with van der Waals surface area (Å²) in [5.74, 6) is -1.49. The number of nitrogens with zero attached hydrogens (tertiary/aromatic N) is 6. The van der Waals surface area contributed by atoms with Gasteiger partial charge in [0.1, 0.15) is 0 Å². The highest BCUT2D eigenvalue weighted by Crippen LogP contribution is 2.40. The third-order valence-corrected chi connectivity index (χ3v) is 6.57. The highest BCUT2D eigenvalue weighted by Gasteiger charge is 2.18. The van der Waals surface area contributed by atoms with Gasteiger partial charge in [0.25, 0.3) is 11.8 Å². The molecule has 10 nitrogen and oxygen atoms in total. The predicted octanol–water partition coefficient (Wildman–Crippen LogP) is 7.68. The third-order valence-electron chi connectivity index (χ3n) is 6.57. The SMILES string of the molecule is CCCn1c(O)c(N=NC(=O)c2cccc(C(=O)N=Nc3c(O)n(CCC)c4ccccc34)c2)c2ccccc21. The first-order valence-electron chi connectivity index (χ1n) is 13.1. The zero-order valence-electron chi connectivity index (χ0n) is 22.2. The summed E-state index contributed by atoms with van der Waals surface area (Å²) in [4.78, 5) is 25.7. The lowest BCUT2D eigenvalue weighted by Crippen LogP contribution is -1.99. The molecule has 2 amide bonds. The van der Waals surface area contributed by atoms with Crippen LogP contribution in [0.2, 0.25) is 0 Å². The van der Waals surface area contributed by atoms with Crippen LogP contribution in [0.4, 0.5) is 11.4 Å². The zero-order valence-corrected chi connectivity index (χ0v) is 22.2. The van der Waals surface area contributed by atoms with Crippen LogP contribution in [0.15, 0.2) is 93.3 Å². The molecule has 0 aliphatic rings. The third kappa shape index (κ3) is 4.86. The van der Waals surface area contributed by atoms with E-state index in [9.17, 15) is 19.8 Å². The van der Waals surface area contributed by atoms with Crippen LogP contribution in [0.1, 0.15) is 47.4 Å². The molecule has 0 bridgehead atoms. The average molecular weight is 537 g/mol. The highest BCUT2D eigenvalue weighted by atomic mass is 16.3. The monoisotopic (exact) mass is 536 g/mol. The number of fused-ring (bicyclic) bond motifs is 2. The lowest BCUT2D eigenvalue weighted by atomic mass is 10.1. The largest absolute Gasteiger partial charge is 0.493 e. The molecule has 0 radical (unpaired) electrons. The Morgan fingerprint density at radius 2 is 1.07 bits per heavy atom. The van der Waals surface area contributed by atoms with E-state index in [-0.39, 0.29) is 34.3 Å². The van der Waals surface area contributed by atoms with Gasteiger partial charge in [0, 0.05) is 35.0 Å². The Morgan fingerprint density at radius 3 is 1.50 bits per heavy atom. The van der Waals surface area contributed by atoms with Crippen molar-refractivity contribution in [2.75, 3.05) is 0 Å². The maximum atomic E-state index is 12.9. The van der Waals surface area contributed by atoms with Crippen LogP contribution in [0, 0.1) is 0 Å². The fourth-order valence-corrected chi connectivity index (χ4v) is 4.73. The maximum absolute atomic E-state index is 12.9. The van der Waals surface area contributed by atoms with Crippen molar-refractivity contribution in [1.29, 1.82) is 0 Å². The van der Waals surface area contributed by atoms with E-state index in [1.54, 1.807) is 15.2 Å². The molecule has 202 valence electrons. The van der Waals surface area contributed by atoms with E-state index in [0.29, 0.717) is 23.9 Å². The number of hydrogen-bond donors (Lipinski definition) is 2. The standard InChI is InChI=1S/C30H28N6O4/c1-3-16-35-23-14-7-5-12-21(23)25(29(35)39)31-33-27(37)19-10-9-11-20(18-19)28(38)34-32-26-22-13-6-8-15-24(22)36(17-4-2)30(26)40/h5-15,18,39-40H,3-4,16-17H2,1-2H3. The Hall–Kier alpha value is -5.12. The Balaban J connectivity index is 1.39. The minimum absolute atomic E-state index is 0.0625. The minimum Gasteiger partial charge on any atom is -0.493 e. The Morgan fingerprint density at radius 1 is 0.650 bits per heavy atom. The number of para-hydroxylation sites is 2. The van der Waals surface area contributed by atoms with E-state index in [0.717, 1.165) is 23.9 Å². The number of amides is 2. The quantitative estimate of drug-likeness (QED) is 0.197. The Kier molecular flexibility index (Phi) is 7.50. The van der Waals surface area contributed by atoms with Gasteiger partial charge in [-0.1, -0.05) is 56.3 Å². The zero-order chi connectivity index (χ0) is 28.2. The number of aromatic nitrogens is 2. The van der Waals surface area contributed by atoms with Crippen LogP contribution >= 0.6 is 0 Å². The average Bonchev–Trinajstić information content (AvgIpc) is 3.40. The van der Waals surface area contributed by atoms with Gasteiger partial charge in [-0.15, -0.1) is 20.5 Å². The highest BCUT2D eigenvalue weighted by molar-refractivity contribution is 6.01. The molecule has 0 saturated carbocycles. The second-order valence-corrected chi connectivity index (χ2v) is 9.27. The number of aryl methyl sites for hydroxylation is 2. The van der Waals surface area contributed by atoms with Gasteiger partial charge in [-0.25, -0.2) is 0 Å². The van der Waals surface area contributed by atoms with Gasteiger partial charge in [-0.3, -0.25) is 9.59 Å². The molecule has 10 heteroatoms. The van der Waals surface area contributed by atoms with Gasteiger partial charge < -0.3 is 19.3 Å². The van der Waals surface area contributed by atoms with Gasteiger partial charge in [-0.2, -0.15) is 0 Å². The number of hydrogen-bond acceptors (Lipinski definition) is 6. The normalized spacial score (nSPS) is 11.8. The van der Waals surface area contributed by atoms with E-state index in [2.05, 4.69) is 20.5 Å². The first-order valence-corrected chi connectivity index (χ1v) is 13.1. The van der Waals surface area contributed by atoms with Gasteiger partial charge in [-0.05, 0) is 43.2 Å². The van der Waals surface area contributed by atoms with Crippen LogP contribution in [0.5, 0.6) is 11.8 Å². The second kappa shape index (κ2) is 11.3. The number of carbonyl (C=O) groups excluding carboxylic acids is 2. The molecule has 0 saturated heterocycles.